The Kier molecular flexibility index (Phi) is 21.5. The number of carbonyl (C=O) groups excluding carboxylic acids is 1. The first-order valence-electron chi connectivity index (χ1n) is 24.5. The highest BCUT2D eigenvalue weighted by atomic mass is 32.1. The minimum absolute atomic E-state index is 0.0179. The quantitative estimate of drug-likeness (QED) is 0.0135. The second-order valence-corrected chi connectivity index (χ2v) is 21.6. The number of aromatic nitrogens is 8. The van der Waals surface area contributed by atoms with Crippen LogP contribution < -0.4 is 16.8 Å². The lowest BCUT2D eigenvalue weighted by atomic mass is 9.95. The number of aromatic amines is 2. The van der Waals surface area contributed by atoms with E-state index in [-0.39, 0.29) is 56.0 Å². The molecule has 29 heteroatoms. The van der Waals surface area contributed by atoms with E-state index in [2.05, 4.69) is 42.1 Å². The Morgan fingerprint density at radius 2 is 1.32 bits per heavy atom. The summed E-state index contributed by atoms with van der Waals surface area (Å²) in [6.07, 6.45) is 15.0. The zero-order chi connectivity index (χ0) is 51.9. The molecule has 2 aliphatic rings. The van der Waals surface area contributed by atoms with Gasteiger partial charge in [0.25, 0.3) is 0 Å². The van der Waals surface area contributed by atoms with Crippen molar-refractivity contribution in [3.8, 4) is 0 Å². The number of rotatable bonds is 33. The van der Waals surface area contributed by atoms with Gasteiger partial charge in [-0.25, -0.2) is 29.1 Å². The average molecular weight is 1090 g/mol. The molecule has 0 aliphatic carbocycles. The van der Waals surface area contributed by atoms with Crippen molar-refractivity contribution in [1.29, 1.82) is 0 Å². The number of phosphoric acid groups is 2. The fourth-order valence-electron chi connectivity index (χ4n) is 8.44. The third kappa shape index (κ3) is 16.0. The molecule has 0 radical (unpaired) electrons. The van der Waals surface area contributed by atoms with Gasteiger partial charge in [0.05, 0.1) is 26.1 Å². The van der Waals surface area contributed by atoms with Crippen molar-refractivity contribution in [2.24, 2.45) is 0 Å². The van der Waals surface area contributed by atoms with E-state index >= 15 is 0 Å². The van der Waals surface area contributed by atoms with Crippen LogP contribution in [0.5, 0.6) is 0 Å². The van der Waals surface area contributed by atoms with Crippen molar-refractivity contribution in [3.63, 3.8) is 0 Å². The van der Waals surface area contributed by atoms with Crippen LogP contribution in [0.4, 0.5) is 11.9 Å². The maximum Gasteiger partial charge on any atom is 0.527 e. The van der Waals surface area contributed by atoms with Gasteiger partial charge in [-0.05, 0) is 19.3 Å². The normalized spacial score (nSPS) is 21.9. The highest BCUT2D eigenvalue weighted by molar-refractivity contribution is 7.71. The highest BCUT2D eigenvalue weighted by Gasteiger charge is 2.50. The third-order valence-electron chi connectivity index (χ3n) is 12.4. The summed E-state index contributed by atoms with van der Waals surface area (Å²) in [6.45, 7) is 0.578. The van der Waals surface area contributed by atoms with E-state index in [4.69, 9.17) is 63.5 Å². The van der Waals surface area contributed by atoms with Crippen molar-refractivity contribution in [2.45, 2.75) is 159 Å². The number of amides is 1. The van der Waals surface area contributed by atoms with Crippen molar-refractivity contribution >= 4 is 80.2 Å². The Morgan fingerprint density at radius 1 is 0.792 bits per heavy atom. The number of carbonyl (C=O) groups is 1. The number of fused-ring (bicyclic) bond motifs is 2. The molecule has 1 fully saturated rings. The summed E-state index contributed by atoms with van der Waals surface area (Å²) in [5.41, 5.74) is 10.5. The lowest BCUT2D eigenvalue weighted by Crippen LogP contribution is -2.43. The Balaban J connectivity index is 0.942. The highest BCUT2D eigenvalue weighted by Crippen LogP contribution is 2.52. The Labute approximate surface area is 426 Å². The summed E-state index contributed by atoms with van der Waals surface area (Å²) in [4.78, 5) is 55.5. The fourth-order valence-corrected chi connectivity index (χ4v) is 10.5. The van der Waals surface area contributed by atoms with E-state index in [9.17, 15) is 39.0 Å². The molecule has 12 N–H and O–H groups in total. The van der Waals surface area contributed by atoms with E-state index in [1.165, 1.54) is 86.0 Å². The van der Waals surface area contributed by atoms with E-state index < -0.39 is 83.7 Å². The van der Waals surface area contributed by atoms with Gasteiger partial charge in [-0.1, -0.05) is 121 Å². The second kappa shape index (κ2) is 27.0. The predicted molar refractivity (Wildman–Crippen MR) is 268 cm³/mol. The lowest BCUT2D eigenvalue weighted by Gasteiger charge is -2.27. The van der Waals surface area contributed by atoms with Crippen LogP contribution in [0.1, 0.15) is 141 Å². The number of nitrogens with zero attached hydrogens (tertiary/aromatic N) is 6. The van der Waals surface area contributed by atoms with Crippen LogP contribution in [0.3, 0.4) is 0 Å². The third-order valence-corrected chi connectivity index (χ3v) is 14.9. The molecule has 0 bridgehead atoms. The number of aliphatic hydroxyl groups excluding tert-OH is 2. The fraction of sp³-hybridized carbons (Fsp3) is 0.698. The van der Waals surface area contributed by atoms with Gasteiger partial charge in [0.2, 0.25) is 12.1 Å². The van der Waals surface area contributed by atoms with Crippen LogP contribution >= 0.6 is 40.1 Å². The summed E-state index contributed by atoms with van der Waals surface area (Å²) in [6, 6.07) is 0. The summed E-state index contributed by atoms with van der Waals surface area (Å²) in [7, 11) is -10.0. The topological polar surface area (TPSA) is 365 Å². The molecule has 4 aromatic rings. The Hall–Kier alpha value is -3.95. The first-order chi connectivity index (χ1) is 34.4. The van der Waals surface area contributed by atoms with Crippen molar-refractivity contribution in [2.75, 3.05) is 44.4 Å². The number of hydrogen-bond acceptors (Lipinski definition) is 20. The molecule has 0 spiro atoms. The van der Waals surface area contributed by atoms with Gasteiger partial charge >= 0.3 is 15.6 Å². The molecule has 402 valence electrons. The number of anilines is 2. The molecule has 0 saturated carbocycles. The van der Waals surface area contributed by atoms with Crippen molar-refractivity contribution in [3.05, 3.63) is 33.5 Å². The number of aliphatic hydroxyl groups is 3. The maximum atomic E-state index is 13.4. The molecule has 6 heterocycles. The standard InChI is InChI=1S/C43H69N11O14P2S2/c1-2-3-4-5-6-7-8-9-10-11-12-13-16-19-29(55)46-21-17-14-15-18-22-64-69(59,60)66-24-28-33(32(56)39(67-28)53-26-47-30-35(53)49-41(44)51-37(30)71)68-70(61,62)65-23-20-43(58)25-63-40(34(43)57)54-27-48-31-36(54)50-42(45)52-38(31)72/h26-27,32,34,39-40,56-58H,2-25H2,1H3,(H,46,55)(H,59,60)(H,61,62)(H3,44,49,51,71)(H3,45,50,52,72)/t32?,34?,39-,40-,43?/m1/s1. The average Bonchev–Trinajstić information content (AvgIpc) is 4.09. The molecule has 5 unspecified atom stereocenters. The summed E-state index contributed by atoms with van der Waals surface area (Å²) in [5, 5.41) is 37.0. The molecule has 4 aromatic heterocycles. The Morgan fingerprint density at radius 3 is 1.92 bits per heavy atom. The second-order valence-electron chi connectivity index (χ2n) is 18.0. The molecule has 1 saturated heterocycles. The van der Waals surface area contributed by atoms with E-state index in [0.717, 1.165) is 32.1 Å². The van der Waals surface area contributed by atoms with E-state index in [1.807, 2.05) is 0 Å². The summed E-state index contributed by atoms with van der Waals surface area (Å²) >= 11 is 10.5. The van der Waals surface area contributed by atoms with E-state index in [0.29, 0.717) is 25.8 Å². The van der Waals surface area contributed by atoms with Gasteiger partial charge in [-0.15, -0.1) is 0 Å². The van der Waals surface area contributed by atoms with Gasteiger partial charge in [-0.2, -0.15) is 0 Å². The number of nitrogen functional groups attached to an aromatic ring is 2. The van der Waals surface area contributed by atoms with Gasteiger partial charge < -0.3 is 61.0 Å². The van der Waals surface area contributed by atoms with Crippen molar-refractivity contribution in [1.82, 2.24) is 44.4 Å². The van der Waals surface area contributed by atoms with Crippen LogP contribution in [0.15, 0.2) is 24.2 Å². The minimum Gasteiger partial charge on any atom is -0.465 e. The lowest BCUT2D eigenvalue weighted by molar-refractivity contribution is -0.121. The molecule has 72 heavy (non-hydrogen) atoms. The summed E-state index contributed by atoms with van der Waals surface area (Å²) in [5.74, 6) is -1.29. The molecular weight excluding hydrogens is 1020 g/mol. The van der Waals surface area contributed by atoms with Crippen LogP contribution in [0.25, 0.3) is 22.3 Å². The predicted octanol–water partition coefficient (Wildman–Crippen LogP) is 6.69. The zero-order valence-electron chi connectivity index (χ0n) is 40.4. The van der Waals surface area contributed by atoms with Crippen LogP contribution in [0, 0.1) is 9.28 Å². The number of hydrogen-bond donors (Lipinski definition) is 10. The molecule has 7 atom stereocenters. The monoisotopic (exact) mass is 1090 g/mol. The number of phosphoric ester groups is 2. The Bertz CT molecular complexity index is 2670. The smallest absolute Gasteiger partial charge is 0.465 e. The number of unbranched alkanes of at least 4 members (excludes halogenated alkanes) is 15. The van der Waals surface area contributed by atoms with Gasteiger partial charge in [0.1, 0.15) is 47.0 Å². The number of imidazole rings is 2. The molecular formula is C43H69N11O14P2S2. The van der Waals surface area contributed by atoms with Crippen LogP contribution in [0.2, 0.25) is 0 Å². The van der Waals surface area contributed by atoms with Gasteiger partial charge in [-0.3, -0.25) is 32.4 Å². The van der Waals surface area contributed by atoms with Gasteiger partial charge in [0.15, 0.2) is 45.0 Å². The zero-order valence-corrected chi connectivity index (χ0v) is 43.8. The molecule has 25 nitrogen and oxygen atoms in total. The summed E-state index contributed by atoms with van der Waals surface area (Å²) < 4.78 is 61.6. The van der Waals surface area contributed by atoms with Gasteiger partial charge in [0, 0.05) is 19.4 Å². The first kappa shape index (κ1) is 57.3. The number of nitrogens with one attached hydrogen (secondary N) is 3. The van der Waals surface area contributed by atoms with E-state index in [1.54, 1.807) is 0 Å². The van der Waals surface area contributed by atoms with Crippen molar-refractivity contribution < 1.29 is 66.6 Å². The number of H-pyrrole nitrogens is 2. The minimum atomic E-state index is -5.22. The molecule has 2 aliphatic heterocycles. The molecule has 6 rings (SSSR count). The maximum absolute atomic E-state index is 13.4. The van der Waals surface area contributed by atoms with Crippen LogP contribution in [-0.4, -0.2) is 121 Å². The molecule has 0 aromatic carbocycles. The first-order valence-corrected chi connectivity index (χ1v) is 28.3. The SMILES string of the molecule is CCCCCCCCCCCCCCCC(=O)NCCCCCCOP(=O)(O)OCC1=C(OP(=O)(O)OCCC2(O)CO[C@@H](n3cnc4c(=S)nc(N)[nH]c43)C2O)C(O)[C@H](n2cnc3c(=S)nc(N)[nH]c32)O1. The van der Waals surface area contributed by atoms with Crippen LogP contribution in [-0.2, 0) is 41.5 Å². The molecule has 1 amide bonds. The largest absolute Gasteiger partial charge is 0.527 e. The number of ether oxygens (including phenoxy) is 2. The number of nitrogens with two attached hydrogens (primary N) is 2.